The van der Waals surface area contributed by atoms with E-state index >= 15 is 0 Å². The number of rotatable bonds is 6. The van der Waals surface area contributed by atoms with Crippen molar-refractivity contribution in [1.29, 1.82) is 0 Å². The van der Waals surface area contributed by atoms with Crippen molar-refractivity contribution in [2.75, 3.05) is 6.61 Å². The summed E-state index contributed by atoms with van der Waals surface area (Å²) in [7, 11) is 0. The van der Waals surface area contributed by atoms with Crippen LogP contribution in [-0.2, 0) is 42.9 Å². The molecule has 1 aliphatic heterocycles. The molecule has 0 aromatic heterocycles. The molecule has 0 radical (unpaired) electrons. The lowest BCUT2D eigenvalue weighted by atomic mass is 9.96. The molecular weight excluding hydrogens is 472 g/mol. The number of aliphatic hydroxyl groups excluding tert-OH is 1. The molecule has 0 unspecified atom stereocenters. The van der Waals surface area contributed by atoms with E-state index < -0.39 is 82.8 Å². The molecule has 0 aromatic carbocycles. The van der Waals surface area contributed by atoms with Crippen LogP contribution in [0.25, 0.3) is 0 Å². The minimum Gasteiger partial charge on any atom is -0.462 e. The van der Waals surface area contributed by atoms with Crippen molar-refractivity contribution in [1.82, 2.24) is 0 Å². The first-order valence-electron chi connectivity index (χ1n) is 12.1. The van der Waals surface area contributed by atoms with Gasteiger partial charge in [0.05, 0.1) is 21.7 Å². The largest absolute Gasteiger partial charge is 0.462 e. The molecule has 0 amide bonds. The Hall–Kier alpha value is -2.20. The van der Waals surface area contributed by atoms with E-state index in [1.807, 2.05) is 0 Å². The Balaban J connectivity index is 3.39. The van der Waals surface area contributed by atoms with E-state index in [1.54, 1.807) is 83.1 Å². The summed E-state index contributed by atoms with van der Waals surface area (Å²) in [6, 6.07) is 0. The van der Waals surface area contributed by atoms with Crippen molar-refractivity contribution in [3.8, 4) is 0 Å². The maximum Gasteiger partial charge on any atom is 0.313 e. The third-order valence-corrected chi connectivity index (χ3v) is 5.13. The summed E-state index contributed by atoms with van der Waals surface area (Å²) >= 11 is 0. The Morgan fingerprint density at radius 3 is 1.39 bits per heavy atom. The molecule has 0 spiro atoms. The maximum absolute atomic E-state index is 12.8. The molecule has 1 saturated heterocycles. The molecule has 0 saturated carbocycles. The van der Waals surface area contributed by atoms with Gasteiger partial charge in [-0.05, 0) is 83.1 Å². The minimum atomic E-state index is -1.48. The van der Waals surface area contributed by atoms with Gasteiger partial charge < -0.3 is 28.8 Å². The summed E-state index contributed by atoms with van der Waals surface area (Å²) in [4.78, 5) is 50.5. The highest BCUT2D eigenvalue weighted by molar-refractivity contribution is 5.78. The Morgan fingerprint density at radius 2 is 1.00 bits per heavy atom. The minimum absolute atomic E-state index is 0.482. The van der Waals surface area contributed by atoms with E-state index in [-0.39, 0.29) is 0 Å². The SMILES string of the molecule is CC(C)(C)C(=O)OC[C@H](O)[C@@H]1O[C@H](OC(=O)C(C)(C)C)[C@H](OC(=O)C(C)(C)C)[C@H]1OC(=O)C(C)(C)C. The zero-order valence-corrected chi connectivity index (χ0v) is 23.7. The Kier molecular flexibility index (Phi) is 9.77. The highest BCUT2D eigenvalue weighted by Gasteiger charge is 2.56. The van der Waals surface area contributed by atoms with Crippen LogP contribution >= 0.6 is 0 Å². The molecule has 1 rings (SSSR count). The first-order valence-corrected chi connectivity index (χ1v) is 12.1. The molecule has 5 atom stereocenters. The molecule has 1 aliphatic rings. The molecule has 208 valence electrons. The smallest absolute Gasteiger partial charge is 0.313 e. The van der Waals surface area contributed by atoms with Crippen molar-refractivity contribution in [3.05, 3.63) is 0 Å². The van der Waals surface area contributed by atoms with E-state index in [4.69, 9.17) is 23.7 Å². The van der Waals surface area contributed by atoms with Crippen LogP contribution in [0.3, 0.4) is 0 Å². The van der Waals surface area contributed by atoms with Crippen LogP contribution in [0, 0.1) is 21.7 Å². The number of hydrogen-bond acceptors (Lipinski definition) is 10. The molecule has 10 nitrogen and oxygen atoms in total. The quantitative estimate of drug-likeness (QED) is 0.414. The summed E-state index contributed by atoms with van der Waals surface area (Å²) in [5.41, 5.74) is -3.61. The number of carbonyl (C=O) groups excluding carboxylic acids is 4. The highest BCUT2D eigenvalue weighted by atomic mass is 16.8. The van der Waals surface area contributed by atoms with Crippen LogP contribution in [0.4, 0.5) is 0 Å². The van der Waals surface area contributed by atoms with Gasteiger partial charge >= 0.3 is 23.9 Å². The molecule has 1 heterocycles. The standard InChI is InChI=1S/C26H44O10/c1-23(2,3)19(28)32-13-14(27)15-16(34-20(29)24(4,5)6)17(35-21(30)25(7,8)9)18(33-15)36-22(31)26(10,11)12/h14-18,27H,13H2,1-12H3/t14-,15-,16-,17+,18+/m0/s1. The number of esters is 4. The third-order valence-electron chi connectivity index (χ3n) is 5.13. The topological polar surface area (TPSA) is 135 Å². The molecular formula is C26H44O10. The summed E-state index contributed by atoms with van der Waals surface area (Å²) in [6.07, 6.45) is -6.99. The van der Waals surface area contributed by atoms with Gasteiger partial charge in [0.2, 0.25) is 12.4 Å². The normalized spacial score (nSPS) is 24.0. The second-order valence-corrected chi connectivity index (χ2v) is 13.3. The fourth-order valence-electron chi connectivity index (χ4n) is 2.67. The van der Waals surface area contributed by atoms with Crippen LogP contribution in [-0.4, -0.2) is 66.3 Å². The number of aliphatic hydroxyl groups is 1. The second-order valence-electron chi connectivity index (χ2n) is 13.3. The third kappa shape index (κ3) is 8.73. The molecule has 0 aliphatic carbocycles. The van der Waals surface area contributed by atoms with E-state index in [1.165, 1.54) is 0 Å². The first kappa shape index (κ1) is 31.8. The van der Waals surface area contributed by atoms with Crippen LogP contribution in [0.2, 0.25) is 0 Å². The number of ether oxygens (including phenoxy) is 5. The Bertz CT molecular complexity index is 820. The summed E-state index contributed by atoms with van der Waals surface area (Å²) in [6.45, 7) is 19.2. The van der Waals surface area contributed by atoms with Gasteiger partial charge in [-0.3, -0.25) is 19.2 Å². The van der Waals surface area contributed by atoms with Crippen LogP contribution in [0.5, 0.6) is 0 Å². The monoisotopic (exact) mass is 516 g/mol. The summed E-state index contributed by atoms with van der Waals surface area (Å²) < 4.78 is 27.9. The predicted molar refractivity (Wildman–Crippen MR) is 129 cm³/mol. The van der Waals surface area contributed by atoms with E-state index in [2.05, 4.69) is 0 Å². The number of hydrogen-bond donors (Lipinski definition) is 1. The van der Waals surface area contributed by atoms with Gasteiger partial charge in [-0.25, -0.2) is 0 Å². The van der Waals surface area contributed by atoms with Gasteiger partial charge in [0.25, 0.3) is 0 Å². The van der Waals surface area contributed by atoms with E-state index in [0.717, 1.165) is 0 Å². The fourth-order valence-corrected chi connectivity index (χ4v) is 2.67. The molecule has 0 bridgehead atoms. The van der Waals surface area contributed by atoms with Crippen molar-refractivity contribution in [2.24, 2.45) is 21.7 Å². The summed E-state index contributed by atoms with van der Waals surface area (Å²) in [5, 5.41) is 10.9. The van der Waals surface area contributed by atoms with Gasteiger partial charge in [-0.2, -0.15) is 0 Å². The van der Waals surface area contributed by atoms with Gasteiger partial charge in [-0.1, -0.05) is 0 Å². The lowest BCUT2D eigenvalue weighted by Crippen LogP contribution is -2.48. The van der Waals surface area contributed by atoms with Crippen LogP contribution < -0.4 is 0 Å². The van der Waals surface area contributed by atoms with Crippen molar-refractivity contribution in [3.63, 3.8) is 0 Å². The molecule has 1 N–H and O–H groups in total. The van der Waals surface area contributed by atoms with Gasteiger partial charge in [0, 0.05) is 0 Å². The Labute approximate surface area is 214 Å². The van der Waals surface area contributed by atoms with Gasteiger partial charge in [-0.15, -0.1) is 0 Å². The van der Waals surface area contributed by atoms with E-state index in [0.29, 0.717) is 0 Å². The lowest BCUT2D eigenvalue weighted by molar-refractivity contribution is -0.210. The van der Waals surface area contributed by atoms with Crippen LogP contribution in [0.1, 0.15) is 83.1 Å². The maximum atomic E-state index is 12.8. The highest BCUT2D eigenvalue weighted by Crippen LogP contribution is 2.34. The van der Waals surface area contributed by atoms with Crippen LogP contribution in [0.15, 0.2) is 0 Å². The van der Waals surface area contributed by atoms with Crippen molar-refractivity contribution < 1.29 is 48.0 Å². The van der Waals surface area contributed by atoms with Gasteiger partial charge in [0.15, 0.2) is 6.10 Å². The second kappa shape index (κ2) is 11.0. The zero-order chi connectivity index (χ0) is 28.4. The molecule has 1 fully saturated rings. The molecule has 0 aromatic rings. The van der Waals surface area contributed by atoms with Gasteiger partial charge in [0.1, 0.15) is 18.8 Å². The summed E-state index contributed by atoms with van der Waals surface area (Å²) in [5.74, 6) is -2.52. The Morgan fingerprint density at radius 1 is 0.639 bits per heavy atom. The fraction of sp³-hybridized carbons (Fsp3) is 0.846. The average Bonchev–Trinajstić information content (AvgIpc) is 2.99. The zero-order valence-electron chi connectivity index (χ0n) is 23.7. The predicted octanol–water partition coefficient (Wildman–Crippen LogP) is 3.17. The number of carbonyl (C=O) groups is 4. The average molecular weight is 517 g/mol. The molecule has 36 heavy (non-hydrogen) atoms. The first-order chi connectivity index (χ1) is 16.0. The van der Waals surface area contributed by atoms with Crippen molar-refractivity contribution >= 4 is 23.9 Å². The molecule has 10 heteroatoms. The lowest BCUT2D eigenvalue weighted by Gasteiger charge is -2.30. The van der Waals surface area contributed by atoms with Crippen molar-refractivity contribution in [2.45, 2.75) is 114 Å². The van der Waals surface area contributed by atoms with E-state index in [9.17, 15) is 24.3 Å².